The maximum absolute atomic E-state index is 12.8. The van der Waals surface area contributed by atoms with E-state index < -0.39 is 0 Å². The van der Waals surface area contributed by atoms with Crippen molar-refractivity contribution in [3.63, 3.8) is 0 Å². The molecule has 1 aromatic rings. The van der Waals surface area contributed by atoms with Gasteiger partial charge in [0.2, 0.25) is 0 Å². The maximum Gasteiger partial charge on any atom is 0.266 e. The van der Waals surface area contributed by atoms with E-state index in [0.717, 1.165) is 25.7 Å². The Hall–Kier alpha value is -1.53. The Kier molecular flexibility index (Phi) is 5.46. The second-order valence-corrected chi connectivity index (χ2v) is 7.65. The number of hydrogen-bond acceptors (Lipinski definition) is 5. The fourth-order valence-electron chi connectivity index (χ4n) is 3.20. The van der Waals surface area contributed by atoms with Gasteiger partial charge < -0.3 is 9.84 Å². The third-order valence-electron chi connectivity index (χ3n) is 4.38. The average Bonchev–Trinajstić information content (AvgIpc) is 2.86. The zero-order valence-electron chi connectivity index (χ0n) is 13.7. The van der Waals surface area contributed by atoms with Gasteiger partial charge in [0.15, 0.2) is 11.5 Å². The SMILES string of the molecule is CCOc1cccc(/C=C2/SC(=S)N(C3CCCCC3)C2=O)c1O. The first kappa shape index (κ1) is 17.3. The van der Waals surface area contributed by atoms with Crippen LogP contribution >= 0.6 is 24.0 Å². The van der Waals surface area contributed by atoms with Crippen LogP contribution < -0.4 is 4.74 Å². The Morgan fingerprint density at radius 1 is 1.38 bits per heavy atom. The van der Waals surface area contributed by atoms with E-state index in [2.05, 4.69) is 0 Å². The normalized spacial score (nSPS) is 20.9. The van der Waals surface area contributed by atoms with Gasteiger partial charge in [-0.25, -0.2) is 0 Å². The number of thioether (sulfide) groups is 1. The molecule has 128 valence electrons. The number of amides is 1. The van der Waals surface area contributed by atoms with Crippen LogP contribution in [0.2, 0.25) is 0 Å². The highest BCUT2D eigenvalue weighted by molar-refractivity contribution is 8.26. The van der Waals surface area contributed by atoms with Crippen molar-refractivity contribution in [3.05, 3.63) is 28.7 Å². The minimum Gasteiger partial charge on any atom is -0.504 e. The predicted octanol–water partition coefficient (Wildman–Crippen LogP) is 4.32. The van der Waals surface area contributed by atoms with Crippen molar-refractivity contribution in [1.29, 1.82) is 0 Å². The summed E-state index contributed by atoms with van der Waals surface area (Å²) >= 11 is 6.75. The van der Waals surface area contributed by atoms with Crippen LogP contribution in [0.5, 0.6) is 11.5 Å². The Morgan fingerprint density at radius 2 is 2.12 bits per heavy atom. The van der Waals surface area contributed by atoms with Crippen molar-refractivity contribution in [3.8, 4) is 11.5 Å². The maximum atomic E-state index is 12.8. The lowest BCUT2D eigenvalue weighted by Gasteiger charge is -2.29. The minimum absolute atomic E-state index is 0.0434. The van der Waals surface area contributed by atoms with Crippen LogP contribution in [0.1, 0.15) is 44.6 Å². The van der Waals surface area contributed by atoms with Crippen molar-refractivity contribution in [2.45, 2.75) is 45.1 Å². The molecule has 0 atom stereocenters. The van der Waals surface area contributed by atoms with Gasteiger partial charge in [-0.1, -0.05) is 55.4 Å². The van der Waals surface area contributed by atoms with Gasteiger partial charge in [-0.3, -0.25) is 9.69 Å². The summed E-state index contributed by atoms with van der Waals surface area (Å²) in [6.45, 7) is 2.34. The highest BCUT2D eigenvalue weighted by Crippen LogP contribution is 2.39. The van der Waals surface area contributed by atoms with Crippen molar-refractivity contribution in [1.82, 2.24) is 4.90 Å². The van der Waals surface area contributed by atoms with E-state index in [9.17, 15) is 9.90 Å². The third kappa shape index (κ3) is 3.44. The molecule has 1 amide bonds. The van der Waals surface area contributed by atoms with Gasteiger partial charge in [-0.15, -0.1) is 0 Å². The Morgan fingerprint density at radius 3 is 2.83 bits per heavy atom. The number of nitrogens with zero attached hydrogens (tertiary/aromatic N) is 1. The number of thiocarbonyl (C=S) groups is 1. The number of carbonyl (C=O) groups excluding carboxylic acids is 1. The molecule has 1 aliphatic carbocycles. The molecule has 3 rings (SSSR count). The Balaban J connectivity index is 1.85. The van der Waals surface area contributed by atoms with Crippen molar-refractivity contribution in [2.75, 3.05) is 6.61 Å². The van der Waals surface area contributed by atoms with Gasteiger partial charge in [-0.05, 0) is 31.9 Å². The largest absolute Gasteiger partial charge is 0.504 e. The van der Waals surface area contributed by atoms with Crippen LogP contribution in [0.4, 0.5) is 0 Å². The number of carbonyl (C=O) groups is 1. The van der Waals surface area contributed by atoms with Crippen molar-refractivity contribution >= 4 is 40.3 Å². The smallest absolute Gasteiger partial charge is 0.266 e. The van der Waals surface area contributed by atoms with E-state index in [4.69, 9.17) is 17.0 Å². The van der Waals surface area contributed by atoms with Crippen LogP contribution in [0, 0.1) is 0 Å². The number of aromatic hydroxyl groups is 1. The molecule has 0 bridgehead atoms. The molecule has 24 heavy (non-hydrogen) atoms. The van der Waals surface area contributed by atoms with E-state index in [-0.39, 0.29) is 17.7 Å². The summed E-state index contributed by atoms with van der Waals surface area (Å²) in [4.78, 5) is 15.1. The van der Waals surface area contributed by atoms with Gasteiger partial charge in [0, 0.05) is 11.6 Å². The number of rotatable bonds is 4. The lowest BCUT2D eigenvalue weighted by Crippen LogP contribution is -2.39. The number of benzene rings is 1. The molecular formula is C18H21NO3S2. The van der Waals surface area contributed by atoms with E-state index in [1.54, 1.807) is 29.2 Å². The first-order chi connectivity index (χ1) is 11.6. The van der Waals surface area contributed by atoms with Gasteiger partial charge >= 0.3 is 0 Å². The van der Waals surface area contributed by atoms with Crippen LogP contribution in [0.25, 0.3) is 6.08 Å². The molecule has 0 aromatic heterocycles. The zero-order valence-corrected chi connectivity index (χ0v) is 15.3. The monoisotopic (exact) mass is 363 g/mol. The molecule has 1 N–H and O–H groups in total. The molecule has 1 heterocycles. The van der Waals surface area contributed by atoms with Crippen LogP contribution in [0.15, 0.2) is 23.1 Å². The summed E-state index contributed by atoms with van der Waals surface area (Å²) in [7, 11) is 0. The number of hydrogen-bond donors (Lipinski definition) is 1. The standard InChI is InChI=1S/C18H21NO3S2/c1-2-22-14-10-6-7-12(16(14)20)11-15-17(21)19(18(23)24-15)13-8-4-3-5-9-13/h6-7,10-11,13,20H,2-5,8-9H2,1H3/b15-11+. The van der Waals surface area contributed by atoms with E-state index >= 15 is 0 Å². The van der Waals surface area contributed by atoms with E-state index in [1.165, 1.54) is 18.2 Å². The molecule has 1 aromatic carbocycles. The van der Waals surface area contributed by atoms with Gasteiger partial charge in [0.1, 0.15) is 4.32 Å². The molecule has 2 aliphatic rings. The fraction of sp³-hybridized carbons (Fsp3) is 0.444. The number of phenols is 1. The summed E-state index contributed by atoms with van der Waals surface area (Å²) < 4.78 is 6.02. The molecular weight excluding hydrogens is 342 g/mol. The van der Waals surface area contributed by atoms with Crippen LogP contribution in [0.3, 0.4) is 0 Å². The van der Waals surface area contributed by atoms with Crippen LogP contribution in [-0.2, 0) is 4.79 Å². The summed E-state index contributed by atoms with van der Waals surface area (Å²) in [6.07, 6.45) is 7.28. The Labute approximate surface area is 151 Å². The molecule has 0 unspecified atom stereocenters. The topological polar surface area (TPSA) is 49.8 Å². The highest BCUT2D eigenvalue weighted by atomic mass is 32.2. The summed E-state index contributed by atoms with van der Waals surface area (Å²) in [5, 5.41) is 10.3. The van der Waals surface area contributed by atoms with E-state index in [0.29, 0.717) is 27.1 Å². The summed E-state index contributed by atoms with van der Waals surface area (Å²) in [6, 6.07) is 5.51. The summed E-state index contributed by atoms with van der Waals surface area (Å²) in [5.41, 5.74) is 0.574. The predicted molar refractivity (Wildman–Crippen MR) is 101 cm³/mol. The molecule has 0 radical (unpaired) electrons. The molecule has 0 spiro atoms. The van der Waals surface area contributed by atoms with Gasteiger partial charge in [0.05, 0.1) is 11.5 Å². The average molecular weight is 364 g/mol. The number of ether oxygens (including phenoxy) is 1. The van der Waals surface area contributed by atoms with Crippen molar-refractivity contribution in [2.24, 2.45) is 0 Å². The molecule has 2 fully saturated rings. The lowest BCUT2D eigenvalue weighted by molar-refractivity contribution is -0.124. The second-order valence-electron chi connectivity index (χ2n) is 5.97. The number of phenolic OH excluding ortho intramolecular Hbond substituents is 1. The second kappa shape index (κ2) is 7.57. The minimum atomic E-state index is -0.0434. The first-order valence-electron chi connectivity index (χ1n) is 8.33. The number of para-hydroxylation sites is 1. The zero-order chi connectivity index (χ0) is 17.1. The van der Waals surface area contributed by atoms with Crippen LogP contribution in [-0.4, -0.2) is 32.9 Å². The summed E-state index contributed by atoms with van der Waals surface area (Å²) in [5.74, 6) is 0.439. The molecule has 1 saturated carbocycles. The van der Waals surface area contributed by atoms with Gasteiger partial charge in [0.25, 0.3) is 5.91 Å². The fourth-order valence-corrected chi connectivity index (χ4v) is 4.59. The molecule has 1 aliphatic heterocycles. The lowest BCUT2D eigenvalue weighted by atomic mass is 9.94. The first-order valence-corrected chi connectivity index (χ1v) is 9.56. The quantitative estimate of drug-likeness (QED) is 0.637. The Bertz CT molecular complexity index is 681. The molecule has 1 saturated heterocycles. The van der Waals surface area contributed by atoms with E-state index in [1.807, 2.05) is 6.92 Å². The van der Waals surface area contributed by atoms with Crippen molar-refractivity contribution < 1.29 is 14.6 Å². The van der Waals surface area contributed by atoms with Gasteiger partial charge in [-0.2, -0.15) is 0 Å². The molecule has 6 heteroatoms. The molecule has 4 nitrogen and oxygen atoms in total. The third-order valence-corrected chi connectivity index (χ3v) is 5.71. The highest BCUT2D eigenvalue weighted by Gasteiger charge is 2.37.